The maximum Gasteiger partial charge on any atom is 0.309 e. The van der Waals surface area contributed by atoms with Crippen molar-refractivity contribution in [2.75, 3.05) is 0 Å². The number of carbonyl (C=O) groups excluding carboxylic acids is 3. The maximum atomic E-state index is 12.7. The second-order valence-corrected chi connectivity index (χ2v) is 9.42. The van der Waals surface area contributed by atoms with Crippen LogP contribution in [0.2, 0.25) is 0 Å². The van der Waals surface area contributed by atoms with E-state index in [0.29, 0.717) is 24.8 Å². The third kappa shape index (κ3) is 4.17. The lowest BCUT2D eigenvalue weighted by Crippen LogP contribution is -2.61. The second-order valence-electron chi connectivity index (χ2n) is 9.42. The van der Waals surface area contributed by atoms with Crippen molar-refractivity contribution in [3.63, 3.8) is 0 Å². The van der Waals surface area contributed by atoms with E-state index in [1.807, 2.05) is 20.8 Å². The molecule has 6 heteroatoms. The summed E-state index contributed by atoms with van der Waals surface area (Å²) in [5.41, 5.74) is -2.52. The zero-order valence-corrected chi connectivity index (χ0v) is 18.1. The lowest BCUT2D eigenvalue weighted by atomic mass is 9.54. The minimum atomic E-state index is -1.30. The molecule has 158 valence electrons. The molecule has 1 N–H and O–H groups in total. The number of aliphatic hydroxyl groups is 1. The minimum Gasteiger partial charge on any atom is -0.458 e. The summed E-state index contributed by atoms with van der Waals surface area (Å²) in [5, 5.41) is 10.5. The summed E-state index contributed by atoms with van der Waals surface area (Å²) in [5.74, 6) is -1.47. The van der Waals surface area contributed by atoms with Gasteiger partial charge in [-0.1, -0.05) is 26.8 Å². The van der Waals surface area contributed by atoms with E-state index in [-0.39, 0.29) is 30.0 Å². The molecular formula is C22H34O6. The fourth-order valence-corrected chi connectivity index (χ4v) is 4.66. The Kier molecular flexibility index (Phi) is 6.15. The van der Waals surface area contributed by atoms with Gasteiger partial charge in [-0.3, -0.25) is 14.4 Å². The molecule has 0 saturated heterocycles. The predicted octanol–water partition coefficient (Wildman–Crippen LogP) is 3.35. The fraction of sp³-hybridized carbons (Fsp3) is 0.773. The molecule has 2 rings (SSSR count). The van der Waals surface area contributed by atoms with Gasteiger partial charge in [-0.2, -0.15) is 0 Å². The van der Waals surface area contributed by atoms with Gasteiger partial charge in [0.2, 0.25) is 0 Å². The van der Waals surface area contributed by atoms with Gasteiger partial charge in [0.05, 0.1) is 11.5 Å². The van der Waals surface area contributed by atoms with Gasteiger partial charge in [-0.15, -0.1) is 0 Å². The van der Waals surface area contributed by atoms with Gasteiger partial charge in [0.25, 0.3) is 0 Å². The van der Waals surface area contributed by atoms with Crippen LogP contribution >= 0.6 is 0 Å². The van der Waals surface area contributed by atoms with Crippen molar-refractivity contribution in [1.29, 1.82) is 0 Å². The lowest BCUT2D eigenvalue weighted by Gasteiger charge is -2.55. The van der Waals surface area contributed by atoms with Crippen molar-refractivity contribution in [1.82, 2.24) is 0 Å². The van der Waals surface area contributed by atoms with Crippen molar-refractivity contribution < 1.29 is 29.0 Å². The normalized spacial score (nSPS) is 34.1. The highest BCUT2D eigenvalue weighted by atomic mass is 16.6. The van der Waals surface area contributed by atoms with Crippen molar-refractivity contribution >= 4 is 17.7 Å². The molecule has 0 unspecified atom stereocenters. The van der Waals surface area contributed by atoms with E-state index < -0.39 is 28.7 Å². The number of ketones is 1. The molecule has 1 saturated carbocycles. The van der Waals surface area contributed by atoms with Crippen LogP contribution in [0.4, 0.5) is 0 Å². The monoisotopic (exact) mass is 394 g/mol. The Morgan fingerprint density at radius 3 is 2.46 bits per heavy atom. The number of ether oxygens (including phenoxy) is 2. The third-order valence-electron chi connectivity index (χ3n) is 6.48. The largest absolute Gasteiger partial charge is 0.458 e. The van der Waals surface area contributed by atoms with Gasteiger partial charge in [-0.25, -0.2) is 0 Å². The number of hydrogen-bond acceptors (Lipinski definition) is 6. The van der Waals surface area contributed by atoms with Crippen molar-refractivity contribution in [2.45, 2.75) is 91.5 Å². The first-order valence-electron chi connectivity index (χ1n) is 10.1. The van der Waals surface area contributed by atoms with Crippen LogP contribution in [0.1, 0.15) is 74.1 Å². The predicted molar refractivity (Wildman–Crippen MR) is 104 cm³/mol. The summed E-state index contributed by atoms with van der Waals surface area (Å²) in [6.45, 7) is 12.0. The highest BCUT2D eigenvalue weighted by Gasteiger charge is 2.59. The van der Waals surface area contributed by atoms with Gasteiger partial charge < -0.3 is 14.6 Å². The molecular weight excluding hydrogens is 360 g/mol. The minimum absolute atomic E-state index is 0.0912. The first kappa shape index (κ1) is 22.6. The first-order chi connectivity index (χ1) is 12.7. The van der Waals surface area contributed by atoms with Crippen LogP contribution in [0.25, 0.3) is 0 Å². The quantitative estimate of drug-likeness (QED) is 0.719. The standard InChI is InChI=1S/C22H34O6/c1-8-13(2)19(25)27-18-9-10-21(6)12-16(24)15(20(4,5)26)11-17(21)22(18,7)28-14(3)23/h11,13,17-18,26H,8-10,12H2,1-7H3/t13-,17-,18+,21-,22-/m1/s1. The van der Waals surface area contributed by atoms with Gasteiger partial charge in [0.1, 0.15) is 6.10 Å². The topological polar surface area (TPSA) is 89.9 Å². The number of carbonyl (C=O) groups is 3. The molecule has 0 radical (unpaired) electrons. The molecule has 0 heterocycles. The molecule has 0 aromatic heterocycles. The molecule has 0 bridgehead atoms. The number of Topliss-reactive ketones (excluding diaryl/α,β-unsaturated/α-hetero) is 1. The Morgan fingerprint density at radius 2 is 1.96 bits per heavy atom. The van der Waals surface area contributed by atoms with Crippen molar-refractivity contribution in [2.24, 2.45) is 17.3 Å². The average molecular weight is 395 g/mol. The Morgan fingerprint density at radius 1 is 1.36 bits per heavy atom. The SMILES string of the molecule is CC[C@@H](C)C(=O)O[C@H]1CC[C@]2(C)CC(=O)C(C(C)(C)O)=C[C@H]2[C@@]1(C)OC(C)=O. The number of esters is 2. The molecule has 2 aliphatic carbocycles. The van der Waals surface area contributed by atoms with E-state index in [9.17, 15) is 19.5 Å². The Labute approximate surface area is 167 Å². The molecule has 28 heavy (non-hydrogen) atoms. The van der Waals surface area contributed by atoms with Crippen LogP contribution in [0.15, 0.2) is 11.6 Å². The summed E-state index contributed by atoms with van der Waals surface area (Å²) in [6.07, 6.45) is 3.23. The van der Waals surface area contributed by atoms with Gasteiger partial charge in [0.15, 0.2) is 11.4 Å². The Hall–Kier alpha value is -1.69. The fourth-order valence-electron chi connectivity index (χ4n) is 4.66. The van der Waals surface area contributed by atoms with Crippen LogP contribution in [-0.4, -0.2) is 40.1 Å². The first-order valence-corrected chi connectivity index (χ1v) is 10.1. The van der Waals surface area contributed by atoms with E-state index in [2.05, 4.69) is 0 Å². The Balaban J connectivity index is 2.52. The molecule has 0 spiro atoms. The molecule has 6 nitrogen and oxygen atoms in total. The summed E-state index contributed by atoms with van der Waals surface area (Å²) >= 11 is 0. The van der Waals surface area contributed by atoms with Gasteiger partial charge in [0, 0.05) is 24.8 Å². The van der Waals surface area contributed by atoms with E-state index >= 15 is 0 Å². The molecule has 0 amide bonds. The molecule has 2 aliphatic rings. The van der Waals surface area contributed by atoms with E-state index in [0.717, 1.165) is 0 Å². The average Bonchev–Trinajstić information content (AvgIpc) is 2.54. The molecule has 1 fully saturated rings. The van der Waals surface area contributed by atoms with Gasteiger partial charge in [-0.05, 0) is 45.4 Å². The van der Waals surface area contributed by atoms with Crippen LogP contribution in [0, 0.1) is 17.3 Å². The van der Waals surface area contributed by atoms with E-state index in [1.54, 1.807) is 26.8 Å². The number of rotatable bonds is 5. The van der Waals surface area contributed by atoms with Crippen LogP contribution in [0.3, 0.4) is 0 Å². The van der Waals surface area contributed by atoms with Crippen LogP contribution in [0.5, 0.6) is 0 Å². The Bertz CT molecular complexity index is 688. The highest BCUT2D eigenvalue weighted by Crippen LogP contribution is 2.55. The number of hydrogen-bond donors (Lipinski definition) is 1. The summed E-state index contributed by atoms with van der Waals surface area (Å²) in [4.78, 5) is 37.1. The molecule has 0 aliphatic heterocycles. The van der Waals surface area contributed by atoms with Crippen LogP contribution < -0.4 is 0 Å². The summed E-state index contributed by atoms with van der Waals surface area (Å²) in [7, 11) is 0. The van der Waals surface area contributed by atoms with Crippen molar-refractivity contribution in [3.05, 3.63) is 11.6 Å². The molecule has 0 aromatic carbocycles. The summed E-state index contributed by atoms with van der Waals surface area (Å²) < 4.78 is 11.6. The highest BCUT2D eigenvalue weighted by molar-refractivity contribution is 5.98. The van der Waals surface area contributed by atoms with E-state index in [1.165, 1.54) is 6.92 Å². The zero-order chi connectivity index (χ0) is 21.5. The molecule has 5 atom stereocenters. The van der Waals surface area contributed by atoms with Crippen LogP contribution in [-0.2, 0) is 23.9 Å². The van der Waals surface area contributed by atoms with Crippen molar-refractivity contribution in [3.8, 4) is 0 Å². The lowest BCUT2D eigenvalue weighted by molar-refractivity contribution is -0.212. The smallest absolute Gasteiger partial charge is 0.309 e. The van der Waals surface area contributed by atoms with Gasteiger partial charge >= 0.3 is 11.9 Å². The molecule has 0 aromatic rings. The zero-order valence-electron chi connectivity index (χ0n) is 18.1. The number of fused-ring (bicyclic) bond motifs is 1. The van der Waals surface area contributed by atoms with E-state index in [4.69, 9.17) is 9.47 Å². The second kappa shape index (κ2) is 7.62. The third-order valence-corrected chi connectivity index (χ3v) is 6.48. The maximum absolute atomic E-state index is 12.7. The summed E-state index contributed by atoms with van der Waals surface area (Å²) in [6, 6.07) is 0.